The molecule has 0 radical (unpaired) electrons. The summed E-state index contributed by atoms with van der Waals surface area (Å²) in [4.78, 5) is 0. The summed E-state index contributed by atoms with van der Waals surface area (Å²) in [5.41, 5.74) is 2.36. The first-order valence-corrected chi connectivity index (χ1v) is 6.62. The van der Waals surface area contributed by atoms with Gasteiger partial charge in [-0.1, -0.05) is 6.07 Å². The molecule has 0 spiro atoms. The van der Waals surface area contributed by atoms with E-state index in [2.05, 4.69) is 10.4 Å². The number of ether oxygens (including phenoxy) is 2. The van der Waals surface area contributed by atoms with Crippen molar-refractivity contribution in [3.63, 3.8) is 0 Å². The molecule has 0 saturated carbocycles. The lowest BCUT2D eigenvalue weighted by Gasteiger charge is -2.11. The van der Waals surface area contributed by atoms with Crippen LogP contribution in [-0.4, -0.2) is 30.5 Å². The molecule has 20 heavy (non-hydrogen) atoms. The van der Waals surface area contributed by atoms with E-state index >= 15 is 0 Å². The monoisotopic (exact) mass is 275 g/mol. The van der Waals surface area contributed by atoms with Crippen molar-refractivity contribution in [3.05, 3.63) is 41.7 Å². The lowest BCUT2D eigenvalue weighted by atomic mass is 10.2. The molecule has 0 bridgehead atoms. The summed E-state index contributed by atoms with van der Waals surface area (Å²) in [6, 6.07) is 5.87. The molecule has 1 aromatic heterocycles. The van der Waals surface area contributed by atoms with E-state index in [1.54, 1.807) is 14.2 Å². The van der Waals surface area contributed by atoms with E-state index in [1.807, 2.05) is 42.3 Å². The zero-order valence-corrected chi connectivity index (χ0v) is 12.2. The minimum absolute atomic E-state index is 0.771. The van der Waals surface area contributed by atoms with Crippen LogP contribution in [0.1, 0.15) is 11.1 Å². The third kappa shape index (κ3) is 3.74. The van der Waals surface area contributed by atoms with Crippen molar-refractivity contribution in [2.24, 2.45) is 7.05 Å². The Hall–Kier alpha value is -2.01. The highest BCUT2D eigenvalue weighted by molar-refractivity contribution is 5.40. The third-order valence-electron chi connectivity index (χ3n) is 3.16. The van der Waals surface area contributed by atoms with Crippen LogP contribution in [0.3, 0.4) is 0 Å². The van der Waals surface area contributed by atoms with Crippen LogP contribution in [0, 0.1) is 0 Å². The lowest BCUT2D eigenvalue weighted by molar-refractivity contribution is 0.390. The minimum Gasteiger partial charge on any atom is -0.497 e. The molecule has 0 saturated heterocycles. The third-order valence-corrected chi connectivity index (χ3v) is 3.16. The summed E-state index contributed by atoms with van der Waals surface area (Å²) in [7, 11) is 5.26. The molecule has 5 nitrogen and oxygen atoms in total. The lowest BCUT2D eigenvalue weighted by Crippen LogP contribution is -2.17. The zero-order valence-electron chi connectivity index (χ0n) is 12.2. The Bertz CT molecular complexity index is 552. The van der Waals surface area contributed by atoms with Gasteiger partial charge in [-0.05, 0) is 24.6 Å². The van der Waals surface area contributed by atoms with Crippen molar-refractivity contribution in [2.75, 3.05) is 20.8 Å². The summed E-state index contributed by atoms with van der Waals surface area (Å²) >= 11 is 0. The van der Waals surface area contributed by atoms with E-state index in [4.69, 9.17) is 9.47 Å². The molecule has 1 aromatic carbocycles. The second kappa shape index (κ2) is 6.96. The van der Waals surface area contributed by atoms with E-state index in [1.165, 1.54) is 5.56 Å². The summed E-state index contributed by atoms with van der Waals surface area (Å²) in [6.45, 7) is 1.67. The summed E-state index contributed by atoms with van der Waals surface area (Å²) in [5, 5.41) is 7.57. The van der Waals surface area contributed by atoms with Gasteiger partial charge in [-0.25, -0.2) is 0 Å². The number of nitrogens with zero attached hydrogens (tertiary/aromatic N) is 2. The highest BCUT2D eigenvalue weighted by Gasteiger charge is 2.04. The molecule has 2 aromatic rings. The van der Waals surface area contributed by atoms with Crippen LogP contribution in [-0.2, 0) is 20.0 Å². The molecular weight excluding hydrogens is 254 g/mol. The standard InChI is InChI=1S/C15H21N3O2/c1-18-11-12(9-17-18)6-7-16-10-13-4-5-14(19-2)8-15(13)20-3/h4-5,8-9,11,16H,6-7,10H2,1-3H3. The van der Waals surface area contributed by atoms with Crippen molar-refractivity contribution in [1.29, 1.82) is 0 Å². The van der Waals surface area contributed by atoms with Gasteiger partial charge in [-0.2, -0.15) is 5.10 Å². The first kappa shape index (κ1) is 14.4. The average molecular weight is 275 g/mol. The van der Waals surface area contributed by atoms with Gasteiger partial charge in [0.05, 0.1) is 20.4 Å². The minimum atomic E-state index is 0.771. The Morgan fingerprint density at radius 3 is 2.75 bits per heavy atom. The molecule has 0 unspecified atom stereocenters. The van der Waals surface area contributed by atoms with E-state index in [-0.39, 0.29) is 0 Å². The molecule has 0 fully saturated rings. The number of hydrogen-bond donors (Lipinski definition) is 1. The molecule has 1 heterocycles. The molecule has 0 amide bonds. The van der Waals surface area contributed by atoms with E-state index in [0.717, 1.165) is 36.6 Å². The first-order chi connectivity index (χ1) is 9.72. The van der Waals surface area contributed by atoms with Crippen LogP contribution in [0.25, 0.3) is 0 Å². The predicted molar refractivity (Wildman–Crippen MR) is 78.2 cm³/mol. The van der Waals surface area contributed by atoms with E-state index < -0.39 is 0 Å². The molecular formula is C15H21N3O2. The normalized spacial score (nSPS) is 10.6. The number of aryl methyl sites for hydroxylation is 1. The van der Waals surface area contributed by atoms with Crippen molar-refractivity contribution >= 4 is 0 Å². The molecule has 1 N–H and O–H groups in total. The molecule has 0 aliphatic heterocycles. The number of rotatable bonds is 7. The first-order valence-electron chi connectivity index (χ1n) is 6.62. The number of methoxy groups -OCH3 is 2. The topological polar surface area (TPSA) is 48.3 Å². The van der Waals surface area contributed by atoms with Crippen molar-refractivity contribution in [3.8, 4) is 11.5 Å². The average Bonchev–Trinajstić information content (AvgIpc) is 2.89. The summed E-state index contributed by atoms with van der Waals surface area (Å²) in [6.07, 6.45) is 4.90. The van der Waals surface area contributed by atoms with Gasteiger partial charge in [-0.3, -0.25) is 4.68 Å². The summed E-state index contributed by atoms with van der Waals surface area (Å²) in [5.74, 6) is 1.65. The van der Waals surface area contributed by atoms with Crippen LogP contribution in [0.4, 0.5) is 0 Å². The Morgan fingerprint density at radius 2 is 2.10 bits per heavy atom. The Labute approximate surface area is 119 Å². The number of nitrogens with one attached hydrogen (secondary N) is 1. The fourth-order valence-corrected chi connectivity index (χ4v) is 2.05. The second-order valence-corrected chi connectivity index (χ2v) is 4.63. The Morgan fingerprint density at radius 1 is 1.25 bits per heavy atom. The van der Waals surface area contributed by atoms with E-state index in [9.17, 15) is 0 Å². The van der Waals surface area contributed by atoms with Gasteiger partial charge in [0, 0.05) is 31.4 Å². The van der Waals surface area contributed by atoms with Gasteiger partial charge in [0.25, 0.3) is 0 Å². The van der Waals surface area contributed by atoms with Crippen LogP contribution >= 0.6 is 0 Å². The van der Waals surface area contributed by atoms with Crippen LogP contribution in [0.2, 0.25) is 0 Å². The number of aromatic nitrogens is 2. The maximum Gasteiger partial charge on any atom is 0.127 e. The van der Waals surface area contributed by atoms with Gasteiger partial charge in [0.2, 0.25) is 0 Å². The molecule has 2 rings (SSSR count). The highest BCUT2D eigenvalue weighted by Crippen LogP contribution is 2.24. The molecule has 108 valence electrons. The SMILES string of the molecule is COc1ccc(CNCCc2cnn(C)c2)c(OC)c1. The number of hydrogen-bond acceptors (Lipinski definition) is 4. The smallest absolute Gasteiger partial charge is 0.127 e. The maximum absolute atomic E-state index is 5.37. The molecule has 5 heteroatoms. The molecule has 0 aliphatic carbocycles. The van der Waals surface area contributed by atoms with Crippen LogP contribution in [0.15, 0.2) is 30.6 Å². The largest absolute Gasteiger partial charge is 0.497 e. The fraction of sp³-hybridized carbons (Fsp3) is 0.400. The predicted octanol–water partition coefficient (Wildman–Crippen LogP) is 1.77. The number of benzene rings is 1. The zero-order chi connectivity index (χ0) is 14.4. The van der Waals surface area contributed by atoms with Crippen molar-refractivity contribution in [1.82, 2.24) is 15.1 Å². The van der Waals surface area contributed by atoms with Gasteiger partial charge >= 0.3 is 0 Å². The van der Waals surface area contributed by atoms with Gasteiger partial charge in [0.1, 0.15) is 11.5 Å². The quantitative estimate of drug-likeness (QED) is 0.782. The Balaban J connectivity index is 1.84. The van der Waals surface area contributed by atoms with Gasteiger partial charge in [0.15, 0.2) is 0 Å². The second-order valence-electron chi connectivity index (χ2n) is 4.63. The summed E-state index contributed by atoms with van der Waals surface area (Å²) < 4.78 is 12.4. The van der Waals surface area contributed by atoms with Crippen LogP contribution < -0.4 is 14.8 Å². The van der Waals surface area contributed by atoms with Gasteiger partial charge in [-0.15, -0.1) is 0 Å². The van der Waals surface area contributed by atoms with Gasteiger partial charge < -0.3 is 14.8 Å². The molecule has 0 aliphatic rings. The fourth-order valence-electron chi connectivity index (χ4n) is 2.05. The van der Waals surface area contributed by atoms with Crippen LogP contribution in [0.5, 0.6) is 11.5 Å². The van der Waals surface area contributed by atoms with Crippen molar-refractivity contribution in [2.45, 2.75) is 13.0 Å². The highest BCUT2D eigenvalue weighted by atomic mass is 16.5. The Kier molecular flexibility index (Phi) is 5.01. The molecule has 0 atom stereocenters. The maximum atomic E-state index is 5.37. The van der Waals surface area contributed by atoms with Crippen molar-refractivity contribution < 1.29 is 9.47 Å². The van der Waals surface area contributed by atoms with E-state index in [0.29, 0.717) is 0 Å².